The average molecular weight is 548 g/mol. The second-order valence-electron chi connectivity index (χ2n) is 11.7. The number of hydrogen-bond donors (Lipinski definition) is 3. The summed E-state index contributed by atoms with van der Waals surface area (Å²) in [6, 6.07) is 38.9. The van der Waals surface area contributed by atoms with Gasteiger partial charge < -0.3 is 11.1 Å². The van der Waals surface area contributed by atoms with Crippen LogP contribution in [0.25, 0.3) is 39.1 Å². The Labute approximate surface area is 248 Å². The Balaban J connectivity index is 1.31. The van der Waals surface area contributed by atoms with Crippen LogP contribution in [0, 0.1) is 5.41 Å². The summed E-state index contributed by atoms with van der Waals surface area (Å²) in [7, 11) is 0. The summed E-state index contributed by atoms with van der Waals surface area (Å²) in [5.41, 5.74) is 17.5. The number of allylic oxidation sites excluding steroid dienone is 1. The summed E-state index contributed by atoms with van der Waals surface area (Å²) in [6.07, 6.45) is 7.06. The first-order valence-electron chi connectivity index (χ1n) is 14.6. The molecule has 1 aliphatic carbocycles. The minimum absolute atomic E-state index is 0.0577. The Morgan fingerprint density at radius 1 is 0.786 bits per heavy atom. The monoisotopic (exact) mass is 547 g/mol. The second kappa shape index (κ2) is 11.4. The minimum atomic E-state index is -0.318. The van der Waals surface area contributed by atoms with Crippen LogP contribution in [-0.4, -0.2) is 12.3 Å². The van der Waals surface area contributed by atoms with Crippen molar-refractivity contribution in [1.29, 1.82) is 5.41 Å². The van der Waals surface area contributed by atoms with Crippen LogP contribution in [-0.2, 0) is 5.41 Å². The van der Waals surface area contributed by atoms with E-state index in [2.05, 4.69) is 110 Å². The highest BCUT2D eigenvalue weighted by Gasteiger charge is 2.37. The van der Waals surface area contributed by atoms with E-state index in [0.29, 0.717) is 0 Å². The number of nitrogens with one attached hydrogen (secondary N) is 2. The molecule has 4 N–H and O–H groups in total. The van der Waals surface area contributed by atoms with Crippen LogP contribution in [0.3, 0.4) is 0 Å². The lowest BCUT2D eigenvalue weighted by Gasteiger charge is -2.22. The van der Waals surface area contributed by atoms with Crippen molar-refractivity contribution in [1.82, 2.24) is 5.32 Å². The van der Waals surface area contributed by atoms with Gasteiger partial charge in [0.15, 0.2) is 0 Å². The molecule has 0 aliphatic heterocycles. The van der Waals surface area contributed by atoms with E-state index in [1.807, 2.05) is 37.3 Å². The number of benzene rings is 5. The van der Waals surface area contributed by atoms with Crippen LogP contribution in [0.15, 0.2) is 127 Å². The molecule has 0 aromatic heterocycles. The van der Waals surface area contributed by atoms with Crippen LogP contribution in [0.2, 0.25) is 0 Å². The molecule has 6 rings (SSSR count). The van der Waals surface area contributed by atoms with Gasteiger partial charge in [-0.1, -0.05) is 129 Å². The van der Waals surface area contributed by atoms with Gasteiger partial charge in [-0.15, -0.1) is 0 Å². The van der Waals surface area contributed by atoms with Gasteiger partial charge >= 0.3 is 0 Å². The lowest BCUT2D eigenvalue weighted by atomic mass is 9.81. The van der Waals surface area contributed by atoms with E-state index < -0.39 is 0 Å². The zero-order valence-electron chi connectivity index (χ0n) is 24.4. The maximum Gasteiger partial charge on any atom is 0.0817 e. The van der Waals surface area contributed by atoms with E-state index in [0.717, 1.165) is 16.7 Å². The fourth-order valence-electron chi connectivity index (χ4n) is 6.22. The largest absolute Gasteiger partial charge is 0.312 e. The molecular weight excluding hydrogens is 510 g/mol. The van der Waals surface area contributed by atoms with Crippen molar-refractivity contribution in [2.24, 2.45) is 5.73 Å². The van der Waals surface area contributed by atoms with Gasteiger partial charge in [-0.3, -0.25) is 5.32 Å². The molecule has 3 nitrogen and oxygen atoms in total. The molecule has 0 bridgehead atoms. The van der Waals surface area contributed by atoms with Crippen LogP contribution < -0.4 is 11.1 Å². The second-order valence-corrected chi connectivity index (χ2v) is 11.7. The van der Waals surface area contributed by atoms with Gasteiger partial charge in [0.25, 0.3) is 0 Å². The molecule has 42 heavy (non-hydrogen) atoms. The van der Waals surface area contributed by atoms with Crippen LogP contribution in [0.1, 0.15) is 49.2 Å². The third-order valence-electron chi connectivity index (χ3n) is 8.62. The van der Waals surface area contributed by atoms with Crippen molar-refractivity contribution in [3.8, 4) is 22.3 Å². The van der Waals surface area contributed by atoms with Gasteiger partial charge in [0, 0.05) is 17.7 Å². The molecule has 1 aliphatic rings. The van der Waals surface area contributed by atoms with Crippen LogP contribution in [0.5, 0.6) is 0 Å². The van der Waals surface area contributed by atoms with Crippen molar-refractivity contribution in [3.05, 3.63) is 149 Å². The summed E-state index contributed by atoms with van der Waals surface area (Å²) < 4.78 is 0. The molecule has 5 aromatic carbocycles. The van der Waals surface area contributed by atoms with E-state index in [1.54, 1.807) is 6.08 Å². The standard InChI is InChI=1S/C39H37N3/c1-26(22-23-40)36(42-38(41)29-10-5-4-6-11-29)21-18-27-16-19-28(20-17-27)32-14-9-15-34-37(32)33-24-30-12-7-8-13-31(30)25-35(33)39(34,2)3/h4-25,36,38,40,42H,41H2,1-3H3/b21-18+,26-22+,40-23?. The molecule has 0 amide bonds. The smallest absolute Gasteiger partial charge is 0.0817 e. The summed E-state index contributed by atoms with van der Waals surface area (Å²) in [5.74, 6) is 0. The quantitative estimate of drug-likeness (QED) is 0.134. The maximum atomic E-state index is 7.55. The molecule has 0 spiro atoms. The Kier molecular flexibility index (Phi) is 7.47. The first kappa shape index (κ1) is 27.6. The molecule has 5 aromatic rings. The van der Waals surface area contributed by atoms with Crippen molar-refractivity contribution >= 4 is 23.1 Å². The summed E-state index contributed by atoms with van der Waals surface area (Å²) in [4.78, 5) is 0. The van der Waals surface area contributed by atoms with Crippen molar-refractivity contribution in [3.63, 3.8) is 0 Å². The third kappa shape index (κ3) is 5.14. The molecule has 0 heterocycles. The molecule has 0 fully saturated rings. The fraction of sp³-hybridized carbons (Fsp3) is 0.154. The van der Waals surface area contributed by atoms with Gasteiger partial charge in [-0.2, -0.15) is 0 Å². The predicted octanol–water partition coefficient (Wildman–Crippen LogP) is 9.04. The van der Waals surface area contributed by atoms with Crippen LogP contribution >= 0.6 is 0 Å². The number of nitrogens with two attached hydrogens (primary N) is 1. The van der Waals surface area contributed by atoms with Crippen LogP contribution in [0.4, 0.5) is 0 Å². The number of hydrogen-bond acceptors (Lipinski definition) is 3. The molecule has 0 saturated heterocycles. The average Bonchev–Trinajstić information content (AvgIpc) is 3.24. The summed E-state index contributed by atoms with van der Waals surface area (Å²) in [6.45, 7) is 6.70. The normalized spacial score (nSPS) is 15.4. The lowest BCUT2D eigenvalue weighted by molar-refractivity contribution is 0.530. The zero-order chi connectivity index (χ0) is 29.3. The van der Waals surface area contributed by atoms with E-state index in [-0.39, 0.29) is 17.6 Å². The van der Waals surface area contributed by atoms with Gasteiger partial charge in [0.2, 0.25) is 0 Å². The first-order valence-corrected chi connectivity index (χ1v) is 14.6. The fourth-order valence-corrected chi connectivity index (χ4v) is 6.22. The SMILES string of the molecule is C/C(=C\C=N)C(/C=C/c1ccc(-c2cccc3c2-c2cc4ccccc4cc2C3(C)C)cc1)NC(N)c1ccccc1. The molecule has 208 valence electrons. The Morgan fingerprint density at radius 2 is 1.48 bits per heavy atom. The highest BCUT2D eigenvalue weighted by molar-refractivity contribution is 5.98. The highest BCUT2D eigenvalue weighted by atomic mass is 15.0. The van der Waals surface area contributed by atoms with Gasteiger partial charge in [-0.05, 0) is 80.4 Å². The van der Waals surface area contributed by atoms with Crippen molar-refractivity contribution in [2.75, 3.05) is 0 Å². The predicted molar refractivity (Wildman–Crippen MR) is 179 cm³/mol. The topological polar surface area (TPSA) is 61.9 Å². The minimum Gasteiger partial charge on any atom is -0.312 e. The van der Waals surface area contributed by atoms with Gasteiger partial charge in [0.1, 0.15) is 0 Å². The van der Waals surface area contributed by atoms with Gasteiger partial charge in [-0.25, -0.2) is 0 Å². The molecule has 3 heteroatoms. The molecule has 0 saturated carbocycles. The van der Waals surface area contributed by atoms with E-state index in [4.69, 9.17) is 11.1 Å². The van der Waals surface area contributed by atoms with E-state index in [1.165, 1.54) is 50.4 Å². The molecule has 0 radical (unpaired) electrons. The summed E-state index contributed by atoms with van der Waals surface area (Å²) >= 11 is 0. The van der Waals surface area contributed by atoms with Crippen molar-refractivity contribution in [2.45, 2.75) is 38.4 Å². The lowest BCUT2D eigenvalue weighted by Crippen LogP contribution is -2.37. The first-order chi connectivity index (χ1) is 20.4. The number of rotatable bonds is 8. The van der Waals surface area contributed by atoms with E-state index >= 15 is 0 Å². The third-order valence-corrected chi connectivity index (χ3v) is 8.62. The zero-order valence-corrected chi connectivity index (χ0v) is 24.4. The van der Waals surface area contributed by atoms with Gasteiger partial charge in [0.05, 0.1) is 6.17 Å². The number of fused-ring (bicyclic) bond motifs is 4. The Bertz CT molecular complexity index is 1810. The molecule has 2 unspecified atom stereocenters. The maximum absolute atomic E-state index is 7.55. The molecule has 2 atom stereocenters. The Morgan fingerprint density at radius 3 is 2.19 bits per heavy atom. The molecular formula is C39H37N3. The van der Waals surface area contributed by atoms with Crippen molar-refractivity contribution < 1.29 is 0 Å². The highest BCUT2D eigenvalue weighted by Crippen LogP contribution is 2.53. The summed E-state index contributed by atoms with van der Waals surface area (Å²) in [5, 5.41) is 13.6. The van der Waals surface area contributed by atoms with E-state index in [9.17, 15) is 0 Å². The Hall–Kier alpha value is -4.57.